The normalized spacial score (nSPS) is 10.1. The molecular weight excluding hydrogens is 338 g/mol. The molecule has 0 aliphatic heterocycles. The van der Waals surface area contributed by atoms with Gasteiger partial charge in [0, 0.05) is 24.2 Å². The monoisotopic (exact) mass is 357 g/mol. The molecule has 0 aromatic heterocycles. The van der Waals surface area contributed by atoms with Crippen LogP contribution in [0.5, 0.6) is 0 Å². The SMILES string of the molecule is CCNc1ccc(C(=O)OCC)cc1NC(=O)c1ccc([N+](=O)[O-])cc1. The highest BCUT2D eigenvalue weighted by molar-refractivity contribution is 6.06. The Morgan fingerprint density at radius 1 is 1.04 bits per heavy atom. The number of nitro benzene ring substituents is 1. The van der Waals surface area contributed by atoms with Crippen LogP contribution in [0, 0.1) is 10.1 Å². The number of esters is 1. The maximum Gasteiger partial charge on any atom is 0.338 e. The first-order chi connectivity index (χ1) is 12.5. The van der Waals surface area contributed by atoms with Gasteiger partial charge in [0.15, 0.2) is 0 Å². The van der Waals surface area contributed by atoms with E-state index >= 15 is 0 Å². The van der Waals surface area contributed by atoms with Crippen LogP contribution in [0.4, 0.5) is 17.1 Å². The predicted octanol–water partition coefficient (Wildman–Crippen LogP) is 3.46. The summed E-state index contributed by atoms with van der Waals surface area (Å²) in [6.07, 6.45) is 0. The smallest absolute Gasteiger partial charge is 0.338 e. The van der Waals surface area contributed by atoms with Crippen LogP contribution in [-0.2, 0) is 4.74 Å². The van der Waals surface area contributed by atoms with E-state index in [0.717, 1.165) is 0 Å². The lowest BCUT2D eigenvalue weighted by atomic mass is 10.1. The Bertz CT molecular complexity index is 818. The summed E-state index contributed by atoms with van der Waals surface area (Å²) in [5.41, 5.74) is 1.54. The molecule has 8 heteroatoms. The zero-order valence-electron chi connectivity index (χ0n) is 14.4. The van der Waals surface area contributed by atoms with E-state index < -0.39 is 16.8 Å². The number of nitrogens with one attached hydrogen (secondary N) is 2. The molecule has 2 rings (SSSR count). The third kappa shape index (κ3) is 4.56. The molecule has 2 N–H and O–H groups in total. The molecule has 136 valence electrons. The summed E-state index contributed by atoms with van der Waals surface area (Å²) in [5.74, 6) is -0.929. The van der Waals surface area contributed by atoms with Crippen LogP contribution < -0.4 is 10.6 Å². The number of ether oxygens (including phenoxy) is 1. The molecule has 0 saturated carbocycles. The van der Waals surface area contributed by atoms with Gasteiger partial charge in [0.2, 0.25) is 0 Å². The highest BCUT2D eigenvalue weighted by atomic mass is 16.6. The van der Waals surface area contributed by atoms with E-state index in [2.05, 4.69) is 10.6 Å². The second-order valence-corrected chi connectivity index (χ2v) is 5.27. The number of carbonyl (C=O) groups excluding carboxylic acids is 2. The number of carbonyl (C=O) groups is 2. The van der Waals surface area contributed by atoms with Crippen LogP contribution in [0.3, 0.4) is 0 Å². The van der Waals surface area contributed by atoms with E-state index in [0.29, 0.717) is 23.5 Å². The van der Waals surface area contributed by atoms with Crippen LogP contribution in [0.25, 0.3) is 0 Å². The highest BCUT2D eigenvalue weighted by Crippen LogP contribution is 2.25. The van der Waals surface area contributed by atoms with Gasteiger partial charge < -0.3 is 15.4 Å². The molecule has 0 fully saturated rings. The minimum Gasteiger partial charge on any atom is -0.462 e. The van der Waals surface area contributed by atoms with Crippen molar-refractivity contribution in [1.82, 2.24) is 0 Å². The molecule has 2 aromatic carbocycles. The van der Waals surface area contributed by atoms with Crippen molar-refractivity contribution in [2.24, 2.45) is 0 Å². The van der Waals surface area contributed by atoms with Gasteiger partial charge in [0.05, 0.1) is 28.5 Å². The largest absolute Gasteiger partial charge is 0.462 e. The number of hydrogen-bond acceptors (Lipinski definition) is 6. The van der Waals surface area contributed by atoms with Crippen LogP contribution in [0.2, 0.25) is 0 Å². The zero-order valence-corrected chi connectivity index (χ0v) is 14.4. The second-order valence-electron chi connectivity index (χ2n) is 5.27. The number of nitrogens with zero attached hydrogens (tertiary/aromatic N) is 1. The number of hydrogen-bond donors (Lipinski definition) is 2. The summed E-state index contributed by atoms with van der Waals surface area (Å²) in [6, 6.07) is 10.1. The van der Waals surface area contributed by atoms with Gasteiger partial charge in [-0.05, 0) is 44.2 Å². The molecule has 0 unspecified atom stereocenters. The fourth-order valence-corrected chi connectivity index (χ4v) is 2.26. The Kier molecular flexibility index (Phi) is 6.26. The molecule has 0 aliphatic carbocycles. The van der Waals surface area contributed by atoms with Gasteiger partial charge in [0.1, 0.15) is 0 Å². The van der Waals surface area contributed by atoms with Crippen molar-refractivity contribution in [2.45, 2.75) is 13.8 Å². The van der Waals surface area contributed by atoms with E-state index in [4.69, 9.17) is 4.74 Å². The molecule has 0 heterocycles. The third-order valence-corrected chi connectivity index (χ3v) is 3.49. The van der Waals surface area contributed by atoms with Gasteiger partial charge in [-0.3, -0.25) is 14.9 Å². The Labute approximate surface area is 150 Å². The Balaban J connectivity index is 2.27. The molecule has 0 saturated heterocycles. The van der Waals surface area contributed by atoms with Crippen molar-refractivity contribution in [1.29, 1.82) is 0 Å². The van der Waals surface area contributed by atoms with E-state index in [1.165, 1.54) is 30.3 Å². The molecule has 2 aromatic rings. The number of nitro groups is 1. The summed E-state index contributed by atoms with van der Waals surface area (Å²) in [4.78, 5) is 34.5. The summed E-state index contributed by atoms with van der Waals surface area (Å²) < 4.78 is 4.97. The number of anilines is 2. The second kappa shape index (κ2) is 8.61. The molecule has 0 spiro atoms. The van der Waals surface area contributed by atoms with Crippen LogP contribution >= 0.6 is 0 Å². The fraction of sp³-hybridized carbons (Fsp3) is 0.222. The topological polar surface area (TPSA) is 111 Å². The van der Waals surface area contributed by atoms with Gasteiger partial charge in [-0.2, -0.15) is 0 Å². The van der Waals surface area contributed by atoms with Gasteiger partial charge in [0.25, 0.3) is 11.6 Å². The van der Waals surface area contributed by atoms with Crippen molar-refractivity contribution in [3.8, 4) is 0 Å². The molecule has 8 nitrogen and oxygen atoms in total. The number of non-ortho nitro benzene ring substituents is 1. The van der Waals surface area contributed by atoms with Crippen LogP contribution in [0.15, 0.2) is 42.5 Å². The number of benzene rings is 2. The summed E-state index contributed by atoms with van der Waals surface area (Å²) in [7, 11) is 0. The minimum atomic E-state index is -0.534. The molecule has 0 atom stereocenters. The molecule has 1 amide bonds. The zero-order chi connectivity index (χ0) is 19.1. The minimum absolute atomic E-state index is 0.0980. The van der Waals surface area contributed by atoms with E-state index in [-0.39, 0.29) is 17.9 Å². The van der Waals surface area contributed by atoms with Crippen molar-refractivity contribution in [3.63, 3.8) is 0 Å². The van der Waals surface area contributed by atoms with Crippen molar-refractivity contribution in [3.05, 3.63) is 63.7 Å². The summed E-state index contributed by atoms with van der Waals surface area (Å²) in [5, 5.41) is 16.5. The summed E-state index contributed by atoms with van der Waals surface area (Å²) >= 11 is 0. The van der Waals surface area contributed by atoms with Gasteiger partial charge in [-0.25, -0.2) is 4.79 Å². The summed E-state index contributed by atoms with van der Waals surface area (Å²) in [6.45, 7) is 4.49. The van der Waals surface area contributed by atoms with Crippen LogP contribution in [-0.4, -0.2) is 30.0 Å². The Hall–Kier alpha value is -3.42. The van der Waals surface area contributed by atoms with E-state index in [9.17, 15) is 19.7 Å². The van der Waals surface area contributed by atoms with Gasteiger partial charge in [-0.1, -0.05) is 0 Å². The first-order valence-corrected chi connectivity index (χ1v) is 8.07. The molecule has 26 heavy (non-hydrogen) atoms. The van der Waals surface area contributed by atoms with Crippen molar-refractivity contribution >= 4 is 28.9 Å². The Morgan fingerprint density at radius 2 is 1.69 bits per heavy atom. The molecule has 0 radical (unpaired) electrons. The highest BCUT2D eigenvalue weighted by Gasteiger charge is 2.14. The van der Waals surface area contributed by atoms with E-state index in [1.807, 2.05) is 6.92 Å². The predicted molar refractivity (Wildman–Crippen MR) is 97.6 cm³/mol. The van der Waals surface area contributed by atoms with E-state index in [1.54, 1.807) is 19.1 Å². The fourth-order valence-electron chi connectivity index (χ4n) is 2.26. The van der Waals surface area contributed by atoms with Crippen molar-refractivity contribution in [2.75, 3.05) is 23.8 Å². The average molecular weight is 357 g/mol. The Morgan fingerprint density at radius 3 is 2.27 bits per heavy atom. The van der Waals surface area contributed by atoms with Gasteiger partial charge >= 0.3 is 5.97 Å². The first kappa shape index (κ1) is 18.9. The molecular formula is C18H19N3O5. The lowest BCUT2D eigenvalue weighted by molar-refractivity contribution is -0.384. The van der Waals surface area contributed by atoms with Crippen molar-refractivity contribution < 1.29 is 19.2 Å². The van der Waals surface area contributed by atoms with Crippen LogP contribution in [0.1, 0.15) is 34.6 Å². The lowest BCUT2D eigenvalue weighted by Crippen LogP contribution is -2.15. The lowest BCUT2D eigenvalue weighted by Gasteiger charge is -2.13. The molecule has 0 aliphatic rings. The standard InChI is InChI=1S/C18H19N3O5/c1-3-19-15-10-7-13(18(23)26-4-2)11-16(15)20-17(22)12-5-8-14(9-6-12)21(24)25/h5-11,19H,3-4H2,1-2H3,(H,20,22). The maximum atomic E-state index is 12.4. The first-order valence-electron chi connectivity index (χ1n) is 8.07. The number of amides is 1. The third-order valence-electron chi connectivity index (χ3n) is 3.49. The number of rotatable bonds is 7. The van der Waals surface area contributed by atoms with Gasteiger partial charge in [-0.15, -0.1) is 0 Å². The molecule has 0 bridgehead atoms. The average Bonchev–Trinajstić information content (AvgIpc) is 2.63. The maximum absolute atomic E-state index is 12.4. The quantitative estimate of drug-likeness (QED) is 0.446.